The van der Waals surface area contributed by atoms with E-state index < -0.39 is 21.6 Å². The molecule has 0 aromatic heterocycles. The van der Waals surface area contributed by atoms with Gasteiger partial charge >= 0.3 is 0 Å². The summed E-state index contributed by atoms with van der Waals surface area (Å²) in [5.41, 5.74) is 5.52. The van der Waals surface area contributed by atoms with E-state index >= 15 is 0 Å². The highest BCUT2D eigenvalue weighted by molar-refractivity contribution is 7.89. The van der Waals surface area contributed by atoms with E-state index in [-0.39, 0.29) is 0 Å². The van der Waals surface area contributed by atoms with E-state index in [2.05, 4.69) is 0 Å². The first-order chi connectivity index (χ1) is 5.75. The molecule has 0 aromatic rings. The summed E-state index contributed by atoms with van der Waals surface area (Å²) in [4.78, 5) is 11.0. The van der Waals surface area contributed by atoms with Gasteiger partial charge in [0.05, 0.1) is 0 Å². The van der Waals surface area contributed by atoms with Crippen molar-refractivity contribution in [2.24, 2.45) is 5.73 Å². The Morgan fingerprint density at radius 3 is 2.23 bits per heavy atom. The first-order valence-electron chi connectivity index (χ1n) is 3.62. The smallest absolute Gasteiger partial charge is 0.221 e. The third kappa shape index (κ3) is 4.64. The summed E-state index contributed by atoms with van der Waals surface area (Å²) in [5, 5.41) is 0. The maximum absolute atomic E-state index is 11.2. The van der Waals surface area contributed by atoms with Crippen LogP contribution < -0.4 is 5.73 Å². The van der Waals surface area contributed by atoms with Crippen molar-refractivity contribution in [2.75, 3.05) is 19.8 Å². The molecule has 0 atom stereocenters. The van der Waals surface area contributed by atoms with Gasteiger partial charge in [0.1, 0.15) is 5.75 Å². The quantitative estimate of drug-likeness (QED) is 0.617. The molecule has 0 heterocycles. The van der Waals surface area contributed by atoms with Crippen molar-refractivity contribution in [2.45, 2.75) is 6.92 Å². The maximum Gasteiger partial charge on any atom is 0.221 e. The molecule has 2 N–H and O–H groups in total. The SMILES string of the molecule is C/C(N)=C/C(=O)CS(=O)(=O)N(C)C. The minimum atomic E-state index is -3.46. The molecule has 0 amide bonds. The minimum Gasteiger partial charge on any atom is -0.402 e. The van der Waals surface area contributed by atoms with Crippen molar-refractivity contribution >= 4 is 15.8 Å². The highest BCUT2D eigenvalue weighted by atomic mass is 32.2. The number of nitrogens with two attached hydrogens (primary N) is 1. The Morgan fingerprint density at radius 1 is 1.46 bits per heavy atom. The molecule has 0 saturated heterocycles. The van der Waals surface area contributed by atoms with E-state index in [1.165, 1.54) is 21.0 Å². The molecule has 76 valence electrons. The van der Waals surface area contributed by atoms with Gasteiger partial charge in [0, 0.05) is 25.9 Å². The Kier molecular flexibility index (Phi) is 4.09. The lowest BCUT2D eigenvalue weighted by Gasteiger charge is -2.08. The molecule has 13 heavy (non-hydrogen) atoms. The van der Waals surface area contributed by atoms with Crippen LogP contribution >= 0.6 is 0 Å². The van der Waals surface area contributed by atoms with Crippen LogP contribution in [-0.4, -0.2) is 38.4 Å². The molecule has 0 aromatic carbocycles. The summed E-state index contributed by atoms with van der Waals surface area (Å²) in [5.74, 6) is -1.04. The first-order valence-corrected chi connectivity index (χ1v) is 5.23. The Morgan fingerprint density at radius 2 is 1.92 bits per heavy atom. The van der Waals surface area contributed by atoms with Gasteiger partial charge in [-0.2, -0.15) is 0 Å². The van der Waals surface area contributed by atoms with Gasteiger partial charge in [0.2, 0.25) is 10.0 Å². The fourth-order valence-electron chi connectivity index (χ4n) is 0.604. The number of ketones is 1. The predicted octanol–water partition coefficient (Wildman–Crippen LogP) is -0.691. The summed E-state index contributed by atoms with van der Waals surface area (Å²) < 4.78 is 23.3. The van der Waals surface area contributed by atoms with E-state index in [9.17, 15) is 13.2 Å². The van der Waals surface area contributed by atoms with Crippen LogP contribution in [0, 0.1) is 0 Å². The molecule has 0 unspecified atom stereocenters. The van der Waals surface area contributed by atoms with E-state index in [0.717, 1.165) is 10.4 Å². The van der Waals surface area contributed by atoms with Crippen LogP contribution in [0.25, 0.3) is 0 Å². The second kappa shape index (κ2) is 4.38. The average Bonchev–Trinajstić information content (AvgIpc) is 1.82. The van der Waals surface area contributed by atoms with Crippen molar-refractivity contribution in [1.29, 1.82) is 0 Å². The molecule has 0 aliphatic carbocycles. The van der Waals surface area contributed by atoms with Gasteiger partial charge in [0.25, 0.3) is 0 Å². The normalized spacial score (nSPS) is 13.4. The lowest BCUT2D eigenvalue weighted by Crippen LogP contribution is -2.28. The van der Waals surface area contributed by atoms with Crippen LogP contribution in [0.5, 0.6) is 0 Å². The third-order valence-corrected chi connectivity index (χ3v) is 3.03. The van der Waals surface area contributed by atoms with Gasteiger partial charge < -0.3 is 5.73 Å². The molecule has 6 heteroatoms. The molecule has 0 fully saturated rings. The zero-order valence-corrected chi connectivity index (χ0v) is 8.76. The molecule has 0 aliphatic heterocycles. The van der Waals surface area contributed by atoms with Crippen LogP contribution in [0.2, 0.25) is 0 Å². The fourth-order valence-corrected chi connectivity index (χ4v) is 1.31. The molecule has 0 bridgehead atoms. The van der Waals surface area contributed by atoms with Gasteiger partial charge in [-0.05, 0) is 6.92 Å². The van der Waals surface area contributed by atoms with Crippen molar-refractivity contribution < 1.29 is 13.2 Å². The molecule has 0 aliphatic rings. The van der Waals surface area contributed by atoms with Crippen LogP contribution in [0.3, 0.4) is 0 Å². The minimum absolute atomic E-state index is 0.305. The summed E-state index contributed by atoms with van der Waals surface area (Å²) >= 11 is 0. The summed E-state index contributed by atoms with van der Waals surface area (Å²) in [6.45, 7) is 1.53. The Balaban J connectivity index is 4.49. The number of hydrogen-bond acceptors (Lipinski definition) is 4. The average molecular weight is 206 g/mol. The highest BCUT2D eigenvalue weighted by Gasteiger charge is 2.17. The van der Waals surface area contributed by atoms with Crippen molar-refractivity contribution in [3.8, 4) is 0 Å². The zero-order chi connectivity index (χ0) is 10.6. The molecule has 0 saturated carbocycles. The van der Waals surface area contributed by atoms with Crippen molar-refractivity contribution in [3.63, 3.8) is 0 Å². The molecular weight excluding hydrogens is 192 g/mol. The van der Waals surface area contributed by atoms with E-state index in [1.807, 2.05) is 0 Å². The Labute approximate surface area is 78.3 Å². The van der Waals surface area contributed by atoms with Gasteiger partial charge in [-0.15, -0.1) is 0 Å². The van der Waals surface area contributed by atoms with Crippen LogP contribution in [0.15, 0.2) is 11.8 Å². The standard InChI is InChI=1S/C7H14N2O3S/c1-6(8)4-7(10)5-13(11,12)9(2)3/h4H,5,8H2,1-3H3/b6-4-. The lowest BCUT2D eigenvalue weighted by atomic mass is 10.3. The predicted molar refractivity (Wildman–Crippen MR) is 50.4 cm³/mol. The highest BCUT2D eigenvalue weighted by Crippen LogP contribution is 1.96. The number of carbonyl (C=O) groups is 1. The molecule has 5 nitrogen and oxygen atoms in total. The zero-order valence-electron chi connectivity index (χ0n) is 7.94. The summed E-state index contributed by atoms with van der Waals surface area (Å²) in [6.07, 6.45) is 1.11. The third-order valence-electron chi connectivity index (χ3n) is 1.27. The van der Waals surface area contributed by atoms with Crippen LogP contribution in [0.4, 0.5) is 0 Å². The van der Waals surface area contributed by atoms with Gasteiger partial charge in [0.15, 0.2) is 5.78 Å². The second-order valence-corrected chi connectivity index (χ2v) is 5.08. The molecule has 0 radical (unpaired) electrons. The first kappa shape index (κ1) is 12.1. The maximum atomic E-state index is 11.2. The van der Waals surface area contributed by atoms with Crippen LogP contribution in [0.1, 0.15) is 6.92 Å². The topological polar surface area (TPSA) is 80.5 Å². The van der Waals surface area contributed by atoms with Gasteiger partial charge in [-0.1, -0.05) is 0 Å². The van der Waals surface area contributed by atoms with Gasteiger partial charge in [-0.25, -0.2) is 12.7 Å². The van der Waals surface area contributed by atoms with E-state index in [0.29, 0.717) is 5.70 Å². The fraction of sp³-hybridized carbons (Fsp3) is 0.571. The van der Waals surface area contributed by atoms with E-state index in [4.69, 9.17) is 5.73 Å². The summed E-state index contributed by atoms with van der Waals surface area (Å²) in [6, 6.07) is 0. The number of sulfonamides is 1. The Hall–Kier alpha value is -0.880. The monoisotopic (exact) mass is 206 g/mol. The second-order valence-electron chi connectivity index (χ2n) is 2.89. The van der Waals surface area contributed by atoms with Crippen molar-refractivity contribution in [3.05, 3.63) is 11.8 Å². The van der Waals surface area contributed by atoms with Crippen LogP contribution in [-0.2, 0) is 14.8 Å². The van der Waals surface area contributed by atoms with Gasteiger partial charge in [-0.3, -0.25) is 4.79 Å². The number of nitrogens with zero attached hydrogens (tertiary/aromatic N) is 1. The molecule has 0 spiro atoms. The molecule has 0 rings (SSSR count). The molecular formula is C7H14N2O3S. The summed E-state index contributed by atoms with van der Waals surface area (Å²) in [7, 11) is -0.706. The number of rotatable bonds is 4. The van der Waals surface area contributed by atoms with Crippen molar-refractivity contribution in [1.82, 2.24) is 4.31 Å². The van der Waals surface area contributed by atoms with E-state index in [1.54, 1.807) is 0 Å². The number of carbonyl (C=O) groups excluding carboxylic acids is 1. The number of allylic oxidation sites excluding steroid dienone is 2. The lowest BCUT2D eigenvalue weighted by molar-refractivity contribution is -0.112. The Bertz CT molecular complexity index is 313. The largest absolute Gasteiger partial charge is 0.402 e. The number of hydrogen-bond donors (Lipinski definition) is 1.